The average molecular weight is 126 g/mol. The zero-order valence-electron chi connectivity index (χ0n) is 3.79. The normalized spacial score (nSPS) is 6.43. The van der Waals surface area contributed by atoms with Crippen molar-refractivity contribution < 1.29 is 9.53 Å². The van der Waals surface area contributed by atoms with E-state index in [1.165, 1.54) is 0 Å². The molecule has 44 valence electrons. The highest BCUT2D eigenvalue weighted by Crippen LogP contribution is 1.56. The summed E-state index contributed by atoms with van der Waals surface area (Å²) in [5.74, 6) is 0. The van der Waals surface area contributed by atoms with E-state index in [4.69, 9.17) is 5.73 Å². The van der Waals surface area contributed by atoms with Gasteiger partial charge in [-0.3, -0.25) is 4.79 Å². The molecule has 0 unspecified atom stereocenters. The van der Waals surface area contributed by atoms with Gasteiger partial charge in [0, 0.05) is 6.54 Å². The second kappa shape index (κ2) is 9.21. The molecule has 0 heterocycles. The molecular weight excluding hydrogens is 117 g/mol. The molecule has 0 amide bonds. The third-order valence-electron chi connectivity index (χ3n) is 0.304. The quantitative estimate of drug-likeness (QED) is 0.410. The first-order chi connectivity index (χ1) is 2.91. The Morgan fingerprint density at radius 3 is 2.43 bits per heavy atom. The Hall–Kier alpha value is -0.280. The van der Waals surface area contributed by atoms with E-state index in [9.17, 15) is 4.79 Å². The highest BCUT2D eigenvalue weighted by Gasteiger charge is 1.71. The van der Waals surface area contributed by atoms with Gasteiger partial charge >= 0.3 is 0 Å². The number of halogens is 1. The van der Waals surface area contributed by atoms with Crippen molar-refractivity contribution in [1.29, 1.82) is 0 Å². The van der Waals surface area contributed by atoms with E-state index >= 15 is 0 Å². The Labute approximate surface area is 48.2 Å². The Kier molecular flexibility index (Phi) is 13.0. The van der Waals surface area contributed by atoms with Crippen molar-refractivity contribution >= 4 is 18.9 Å². The first-order valence-electron chi connectivity index (χ1n) is 1.67. The average Bonchev–Trinajstić information content (AvgIpc) is 1.61. The van der Waals surface area contributed by atoms with Gasteiger partial charge in [0.15, 0.2) is 0 Å². The Morgan fingerprint density at radius 2 is 2.29 bits per heavy atom. The van der Waals surface area contributed by atoms with Crippen LogP contribution in [0.15, 0.2) is 0 Å². The number of carbonyl (C=O) groups excluding carboxylic acids is 1. The molecule has 0 saturated carbocycles. The van der Waals surface area contributed by atoms with Gasteiger partial charge in [-0.1, -0.05) is 0 Å². The van der Waals surface area contributed by atoms with Crippen LogP contribution >= 0.6 is 12.4 Å². The minimum absolute atomic E-state index is 0. The molecule has 3 nitrogen and oxygen atoms in total. The molecule has 4 heteroatoms. The monoisotopic (exact) mass is 125 g/mol. The summed E-state index contributed by atoms with van der Waals surface area (Å²) in [5, 5.41) is 0. The van der Waals surface area contributed by atoms with Crippen LogP contribution in [-0.2, 0) is 9.53 Å². The van der Waals surface area contributed by atoms with Gasteiger partial charge in [0.25, 0.3) is 6.47 Å². The van der Waals surface area contributed by atoms with Crippen molar-refractivity contribution in [3.05, 3.63) is 0 Å². The van der Waals surface area contributed by atoms with Crippen molar-refractivity contribution in [1.82, 2.24) is 0 Å². The molecule has 0 bridgehead atoms. The zero-order chi connectivity index (χ0) is 4.83. The van der Waals surface area contributed by atoms with Crippen LogP contribution in [0.2, 0.25) is 0 Å². The third-order valence-corrected chi connectivity index (χ3v) is 0.304. The summed E-state index contributed by atoms with van der Waals surface area (Å²) in [6.45, 7) is 1.11. The summed E-state index contributed by atoms with van der Waals surface area (Å²) in [6.07, 6.45) is 0. The van der Waals surface area contributed by atoms with Crippen LogP contribution in [0.25, 0.3) is 0 Å². The lowest BCUT2D eigenvalue weighted by Crippen LogP contribution is -2.06. The van der Waals surface area contributed by atoms with Crippen molar-refractivity contribution in [3.8, 4) is 0 Å². The first-order valence-corrected chi connectivity index (χ1v) is 1.67. The van der Waals surface area contributed by atoms with E-state index < -0.39 is 0 Å². The largest absolute Gasteiger partial charge is 0.467 e. The summed E-state index contributed by atoms with van der Waals surface area (Å²) in [4.78, 5) is 9.29. The number of hydrogen-bond donors (Lipinski definition) is 1. The minimum atomic E-state index is 0. The van der Waals surface area contributed by atoms with Crippen LogP contribution in [-0.4, -0.2) is 19.6 Å². The van der Waals surface area contributed by atoms with E-state index in [2.05, 4.69) is 4.74 Å². The second-order valence-corrected chi connectivity index (χ2v) is 0.756. The smallest absolute Gasteiger partial charge is 0.293 e. The maximum Gasteiger partial charge on any atom is 0.293 e. The van der Waals surface area contributed by atoms with Crippen molar-refractivity contribution in [2.45, 2.75) is 0 Å². The van der Waals surface area contributed by atoms with Crippen LogP contribution in [0, 0.1) is 0 Å². The molecular formula is C3H8ClNO2. The van der Waals surface area contributed by atoms with Gasteiger partial charge in [0.2, 0.25) is 0 Å². The van der Waals surface area contributed by atoms with Gasteiger partial charge in [0.1, 0.15) is 6.61 Å². The van der Waals surface area contributed by atoms with Gasteiger partial charge in [-0.25, -0.2) is 0 Å². The SMILES string of the molecule is Cl.NCCOC=O. The molecule has 0 spiro atoms. The standard InChI is InChI=1S/C3H7NO2.ClH/c4-1-2-6-3-5;/h3H,1-2,4H2;1H. The van der Waals surface area contributed by atoms with Gasteiger partial charge in [-0.15, -0.1) is 12.4 Å². The van der Waals surface area contributed by atoms with Crippen molar-refractivity contribution in [2.75, 3.05) is 13.2 Å². The summed E-state index contributed by atoms with van der Waals surface area (Å²) < 4.78 is 4.18. The second-order valence-electron chi connectivity index (χ2n) is 0.756. The highest BCUT2D eigenvalue weighted by molar-refractivity contribution is 5.85. The maximum absolute atomic E-state index is 9.29. The predicted octanol–water partition coefficient (Wildman–Crippen LogP) is -0.460. The van der Waals surface area contributed by atoms with E-state index in [0.717, 1.165) is 0 Å². The lowest BCUT2D eigenvalue weighted by Gasteiger charge is -1.87. The molecule has 0 atom stereocenters. The molecule has 2 N–H and O–H groups in total. The maximum atomic E-state index is 9.29. The van der Waals surface area contributed by atoms with Crippen LogP contribution in [0.4, 0.5) is 0 Å². The van der Waals surface area contributed by atoms with E-state index in [0.29, 0.717) is 19.6 Å². The molecule has 0 aromatic carbocycles. The molecule has 0 aromatic heterocycles. The number of rotatable bonds is 3. The Balaban J connectivity index is 0. The molecule has 0 aliphatic carbocycles. The lowest BCUT2D eigenvalue weighted by molar-refractivity contribution is -0.128. The van der Waals surface area contributed by atoms with Crippen molar-refractivity contribution in [3.63, 3.8) is 0 Å². The third kappa shape index (κ3) is 10.7. The molecule has 0 aromatic rings. The van der Waals surface area contributed by atoms with E-state index in [1.807, 2.05) is 0 Å². The molecule has 0 fully saturated rings. The van der Waals surface area contributed by atoms with E-state index in [-0.39, 0.29) is 12.4 Å². The molecule has 0 aliphatic heterocycles. The van der Waals surface area contributed by atoms with Crippen LogP contribution < -0.4 is 5.73 Å². The first kappa shape index (κ1) is 9.87. The molecule has 0 radical (unpaired) electrons. The van der Waals surface area contributed by atoms with Crippen LogP contribution in [0.3, 0.4) is 0 Å². The summed E-state index contributed by atoms with van der Waals surface area (Å²) in [7, 11) is 0. The van der Waals surface area contributed by atoms with Gasteiger partial charge < -0.3 is 10.5 Å². The Morgan fingerprint density at radius 1 is 1.71 bits per heavy atom. The lowest BCUT2D eigenvalue weighted by atomic mass is 10.7. The summed E-state index contributed by atoms with van der Waals surface area (Å²) in [6, 6.07) is 0. The molecule has 0 aliphatic rings. The topological polar surface area (TPSA) is 52.3 Å². The van der Waals surface area contributed by atoms with Crippen molar-refractivity contribution in [2.24, 2.45) is 5.73 Å². The molecule has 0 rings (SSSR count). The number of carbonyl (C=O) groups is 1. The summed E-state index contributed by atoms with van der Waals surface area (Å²) >= 11 is 0. The summed E-state index contributed by atoms with van der Waals surface area (Å²) in [5.41, 5.74) is 4.93. The number of ether oxygens (including phenoxy) is 1. The zero-order valence-corrected chi connectivity index (χ0v) is 4.61. The van der Waals surface area contributed by atoms with E-state index in [1.54, 1.807) is 0 Å². The van der Waals surface area contributed by atoms with Gasteiger partial charge in [-0.05, 0) is 0 Å². The van der Waals surface area contributed by atoms with Gasteiger partial charge in [-0.2, -0.15) is 0 Å². The van der Waals surface area contributed by atoms with Gasteiger partial charge in [0.05, 0.1) is 0 Å². The van der Waals surface area contributed by atoms with Crippen LogP contribution in [0.5, 0.6) is 0 Å². The fourth-order valence-corrected chi connectivity index (χ4v) is 0.116. The fourth-order valence-electron chi connectivity index (χ4n) is 0.116. The highest BCUT2D eigenvalue weighted by atomic mass is 35.5. The molecule has 0 saturated heterocycles. The fraction of sp³-hybridized carbons (Fsp3) is 0.667. The number of nitrogens with two attached hydrogens (primary N) is 1. The minimum Gasteiger partial charge on any atom is -0.467 e. The predicted molar refractivity (Wildman–Crippen MR) is 28.3 cm³/mol. The van der Waals surface area contributed by atoms with Crippen LogP contribution in [0.1, 0.15) is 0 Å². The Bertz CT molecular complexity index is 41.9. The number of hydrogen-bond acceptors (Lipinski definition) is 3. The molecule has 7 heavy (non-hydrogen) atoms.